The fraction of sp³-hybridized carbons (Fsp3) is 0.545. The molecule has 7 nitrogen and oxygen atoms in total. The Morgan fingerprint density at radius 1 is 1.47 bits per heavy atom. The fourth-order valence-electron chi connectivity index (χ4n) is 1.36. The predicted molar refractivity (Wildman–Crippen MR) is 70.8 cm³/mol. The summed E-state index contributed by atoms with van der Waals surface area (Å²) < 4.78 is 25.6. The standard InChI is InChI=1S/C11H17N5O2S/c1-4-13-11-14-7-10(8-15-11)19(17,18)16(3)9(2)5-6-12/h7-9H,4-5H2,1-3H3,(H,13,14,15). The smallest absolute Gasteiger partial charge is 0.246 e. The van der Waals surface area contributed by atoms with Crippen LogP contribution in [0.2, 0.25) is 0 Å². The third-order valence-corrected chi connectivity index (χ3v) is 4.57. The van der Waals surface area contributed by atoms with Gasteiger partial charge in [-0.05, 0) is 13.8 Å². The van der Waals surface area contributed by atoms with E-state index in [0.717, 1.165) is 4.31 Å². The second-order valence-electron chi connectivity index (χ2n) is 4.01. The van der Waals surface area contributed by atoms with Gasteiger partial charge in [-0.2, -0.15) is 9.57 Å². The number of nitriles is 1. The second-order valence-corrected chi connectivity index (χ2v) is 6.00. The van der Waals surface area contributed by atoms with Gasteiger partial charge in [0.05, 0.1) is 24.9 Å². The molecule has 0 saturated carbocycles. The maximum Gasteiger partial charge on any atom is 0.246 e. The summed E-state index contributed by atoms with van der Waals surface area (Å²) in [6.45, 7) is 4.23. The van der Waals surface area contributed by atoms with Gasteiger partial charge < -0.3 is 5.32 Å². The maximum absolute atomic E-state index is 12.2. The summed E-state index contributed by atoms with van der Waals surface area (Å²) in [5, 5.41) is 11.5. The molecule has 0 fully saturated rings. The van der Waals surface area contributed by atoms with Gasteiger partial charge in [0.25, 0.3) is 0 Å². The summed E-state index contributed by atoms with van der Waals surface area (Å²) in [6, 6.07) is 1.55. The minimum absolute atomic E-state index is 0.0152. The van der Waals surface area contributed by atoms with Crippen molar-refractivity contribution in [3.05, 3.63) is 12.4 Å². The summed E-state index contributed by atoms with van der Waals surface area (Å²) in [7, 11) is -2.22. The van der Waals surface area contributed by atoms with Gasteiger partial charge in [0.15, 0.2) is 0 Å². The Morgan fingerprint density at radius 2 is 2.05 bits per heavy atom. The quantitative estimate of drug-likeness (QED) is 0.830. The summed E-state index contributed by atoms with van der Waals surface area (Å²) >= 11 is 0. The number of sulfonamides is 1. The van der Waals surface area contributed by atoms with Gasteiger partial charge in [0, 0.05) is 19.6 Å². The Hall–Kier alpha value is -1.72. The Bertz CT molecular complexity index is 549. The van der Waals surface area contributed by atoms with E-state index in [2.05, 4.69) is 15.3 Å². The van der Waals surface area contributed by atoms with Crippen molar-refractivity contribution in [1.82, 2.24) is 14.3 Å². The van der Waals surface area contributed by atoms with E-state index in [1.54, 1.807) is 6.92 Å². The van der Waals surface area contributed by atoms with Crippen molar-refractivity contribution in [2.45, 2.75) is 31.2 Å². The molecule has 1 rings (SSSR count). The first-order valence-corrected chi connectivity index (χ1v) is 7.28. The predicted octanol–water partition coefficient (Wildman–Crippen LogP) is 0.831. The molecular weight excluding hydrogens is 266 g/mol. The minimum Gasteiger partial charge on any atom is -0.355 e. The molecule has 1 unspecified atom stereocenters. The van der Waals surface area contributed by atoms with Crippen LogP contribution in [0.4, 0.5) is 5.95 Å². The summed E-state index contributed by atoms with van der Waals surface area (Å²) in [6.07, 6.45) is 2.65. The average Bonchev–Trinajstić information content (AvgIpc) is 2.39. The number of anilines is 1. The molecule has 19 heavy (non-hydrogen) atoms. The van der Waals surface area contributed by atoms with Crippen LogP contribution in [0.3, 0.4) is 0 Å². The first kappa shape index (κ1) is 15.3. The molecule has 0 aliphatic heterocycles. The molecule has 0 radical (unpaired) electrons. The van der Waals surface area contributed by atoms with Crippen LogP contribution in [0, 0.1) is 11.3 Å². The Morgan fingerprint density at radius 3 is 2.53 bits per heavy atom. The lowest BCUT2D eigenvalue weighted by molar-refractivity contribution is 0.393. The van der Waals surface area contributed by atoms with Gasteiger partial charge in [0.1, 0.15) is 4.90 Å². The molecule has 8 heteroatoms. The van der Waals surface area contributed by atoms with E-state index in [0.29, 0.717) is 12.5 Å². The lowest BCUT2D eigenvalue weighted by Gasteiger charge is -2.21. The van der Waals surface area contributed by atoms with Crippen molar-refractivity contribution in [1.29, 1.82) is 5.26 Å². The van der Waals surface area contributed by atoms with Gasteiger partial charge >= 0.3 is 0 Å². The van der Waals surface area contributed by atoms with E-state index < -0.39 is 16.1 Å². The van der Waals surface area contributed by atoms with E-state index in [1.807, 2.05) is 13.0 Å². The highest BCUT2D eigenvalue weighted by molar-refractivity contribution is 7.89. The van der Waals surface area contributed by atoms with Crippen LogP contribution in [0.1, 0.15) is 20.3 Å². The van der Waals surface area contributed by atoms with Crippen molar-refractivity contribution >= 4 is 16.0 Å². The number of hydrogen-bond acceptors (Lipinski definition) is 6. The highest BCUT2D eigenvalue weighted by atomic mass is 32.2. The Kier molecular flexibility index (Phi) is 5.20. The summed E-state index contributed by atoms with van der Waals surface area (Å²) in [4.78, 5) is 7.87. The molecular formula is C11H17N5O2S. The number of rotatable bonds is 6. The van der Waals surface area contributed by atoms with Crippen molar-refractivity contribution in [3.63, 3.8) is 0 Å². The maximum atomic E-state index is 12.2. The van der Waals surface area contributed by atoms with Crippen molar-refractivity contribution in [2.24, 2.45) is 0 Å². The van der Waals surface area contributed by atoms with E-state index >= 15 is 0 Å². The highest BCUT2D eigenvalue weighted by Crippen LogP contribution is 2.16. The first-order chi connectivity index (χ1) is 8.93. The van der Waals surface area contributed by atoms with Gasteiger partial charge in [0.2, 0.25) is 16.0 Å². The van der Waals surface area contributed by atoms with Gasteiger partial charge in [-0.25, -0.2) is 18.4 Å². The molecule has 0 aromatic carbocycles. The van der Waals surface area contributed by atoms with E-state index in [9.17, 15) is 8.42 Å². The monoisotopic (exact) mass is 283 g/mol. The number of nitrogens with one attached hydrogen (secondary N) is 1. The molecule has 1 N–H and O–H groups in total. The Balaban J connectivity index is 2.97. The molecule has 1 aromatic rings. The number of nitrogens with zero attached hydrogens (tertiary/aromatic N) is 4. The molecule has 0 saturated heterocycles. The third-order valence-electron chi connectivity index (χ3n) is 2.65. The fourth-order valence-corrected chi connectivity index (χ4v) is 2.62. The molecule has 1 aromatic heterocycles. The van der Waals surface area contributed by atoms with E-state index in [-0.39, 0.29) is 11.3 Å². The second kappa shape index (κ2) is 6.45. The zero-order valence-corrected chi connectivity index (χ0v) is 12.0. The molecule has 1 atom stereocenters. The van der Waals surface area contributed by atoms with Gasteiger partial charge in [-0.3, -0.25) is 0 Å². The van der Waals surface area contributed by atoms with Crippen LogP contribution in [0.15, 0.2) is 17.3 Å². The SMILES string of the molecule is CCNc1ncc(S(=O)(=O)N(C)C(C)CC#N)cn1. The van der Waals surface area contributed by atoms with Crippen LogP contribution in [-0.2, 0) is 10.0 Å². The van der Waals surface area contributed by atoms with Gasteiger partial charge in [-0.1, -0.05) is 0 Å². The molecule has 0 amide bonds. The van der Waals surface area contributed by atoms with Crippen molar-refractivity contribution in [3.8, 4) is 6.07 Å². The summed E-state index contributed by atoms with van der Waals surface area (Å²) in [5.74, 6) is 0.383. The van der Waals surface area contributed by atoms with Crippen LogP contribution < -0.4 is 5.32 Å². The molecule has 0 spiro atoms. The lowest BCUT2D eigenvalue weighted by atomic mass is 10.3. The molecule has 0 bridgehead atoms. The highest BCUT2D eigenvalue weighted by Gasteiger charge is 2.25. The first-order valence-electron chi connectivity index (χ1n) is 5.84. The summed E-state index contributed by atoms with van der Waals surface area (Å²) in [5.41, 5.74) is 0. The van der Waals surface area contributed by atoms with Crippen molar-refractivity contribution in [2.75, 3.05) is 18.9 Å². The van der Waals surface area contributed by atoms with Crippen LogP contribution in [-0.4, -0.2) is 42.3 Å². The normalized spacial score (nSPS) is 13.0. The van der Waals surface area contributed by atoms with Gasteiger partial charge in [-0.15, -0.1) is 0 Å². The zero-order valence-electron chi connectivity index (χ0n) is 11.2. The minimum atomic E-state index is -3.66. The molecule has 0 aliphatic carbocycles. The number of aromatic nitrogens is 2. The van der Waals surface area contributed by atoms with E-state index in [4.69, 9.17) is 5.26 Å². The van der Waals surface area contributed by atoms with Crippen LogP contribution >= 0.6 is 0 Å². The number of hydrogen-bond donors (Lipinski definition) is 1. The lowest BCUT2D eigenvalue weighted by Crippen LogP contribution is -2.35. The topological polar surface area (TPSA) is 99.0 Å². The molecule has 1 heterocycles. The van der Waals surface area contributed by atoms with Crippen LogP contribution in [0.5, 0.6) is 0 Å². The van der Waals surface area contributed by atoms with Crippen molar-refractivity contribution < 1.29 is 8.42 Å². The largest absolute Gasteiger partial charge is 0.355 e. The van der Waals surface area contributed by atoms with Crippen LogP contribution in [0.25, 0.3) is 0 Å². The Labute approximate surface area is 113 Å². The molecule has 104 valence electrons. The third kappa shape index (κ3) is 3.62. The van der Waals surface area contributed by atoms with E-state index in [1.165, 1.54) is 19.4 Å². The average molecular weight is 283 g/mol. The zero-order chi connectivity index (χ0) is 14.5. The molecule has 0 aliphatic rings.